The van der Waals surface area contributed by atoms with Crippen LogP contribution in [0.25, 0.3) is 10.9 Å². The Kier molecular flexibility index (Phi) is 7.59. The minimum Gasteiger partial charge on any atom is -0.478 e. The van der Waals surface area contributed by atoms with Gasteiger partial charge in [-0.2, -0.15) is 10.2 Å². The first-order valence-electron chi connectivity index (χ1n) is 12.2. The summed E-state index contributed by atoms with van der Waals surface area (Å²) in [6, 6.07) is 9.20. The van der Waals surface area contributed by atoms with E-state index in [4.69, 9.17) is 15.5 Å². The van der Waals surface area contributed by atoms with Gasteiger partial charge >= 0.3 is 0 Å². The molecule has 11 nitrogen and oxygen atoms in total. The third-order valence-electron chi connectivity index (χ3n) is 7.18. The highest BCUT2D eigenvalue weighted by Crippen LogP contribution is 2.31. The van der Waals surface area contributed by atoms with Gasteiger partial charge in [0.1, 0.15) is 11.6 Å². The monoisotopic (exact) mass is 504 g/mol. The van der Waals surface area contributed by atoms with Crippen molar-refractivity contribution < 1.29 is 9.53 Å². The van der Waals surface area contributed by atoms with Crippen LogP contribution in [0.3, 0.4) is 0 Å². The highest BCUT2D eigenvalue weighted by atomic mass is 16.5. The molecule has 3 heterocycles. The van der Waals surface area contributed by atoms with Gasteiger partial charge in [-0.1, -0.05) is 13.8 Å². The summed E-state index contributed by atoms with van der Waals surface area (Å²) in [6.45, 7) is 6.34. The summed E-state index contributed by atoms with van der Waals surface area (Å²) >= 11 is 0. The first-order valence-corrected chi connectivity index (χ1v) is 12.2. The van der Waals surface area contributed by atoms with Gasteiger partial charge in [-0.25, -0.2) is 4.98 Å². The van der Waals surface area contributed by atoms with Crippen molar-refractivity contribution in [2.24, 2.45) is 30.5 Å². The highest BCUT2D eigenvalue weighted by molar-refractivity contribution is 5.85. The van der Waals surface area contributed by atoms with E-state index in [1.807, 2.05) is 12.1 Å². The van der Waals surface area contributed by atoms with Crippen LogP contribution in [0.4, 0.5) is 17.5 Å². The van der Waals surface area contributed by atoms with E-state index in [1.165, 1.54) is 17.8 Å². The second-order valence-electron chi connectivity index (χ2n) is 9.51. The van der Waals surface area contributed by atoms with Crippen LogP contribution in [0.15, 0.2) is 35.3 Å². The van der Waals surface area contributed by atoms with Gasteiger partial charge in [0.15, 0.2) is 18.2 Å². The second-order valence-corrected chi connectivity index (χ2v) is 9.51. The Morgan fingerprint density at radius 1 is 1.30 bits per heavy atom. The molecule has 3 unspecified atom stereocenters. The lowest BCUT2D eigenvalue weighted by Crippen LogP contribution is -2.47. The number of hydrogen-bond donors (Lipinski definition) is 3. The molecule has 0 bridgehead atoms. The van der Waals surface area contributed by atoms with E-state index in [-0.39, 0.29) is 23.8 Å². The molecule has 4 rings (SSSR count). The molecule has 1 fully saturated rings. The number of nitrogens with two attached hydrogens (primary N) is 1. The predicted octanol–water partition coefficient (Wildman–Crippen LogP) is 1.74. The normalized spacial score (nSPS) is 19.4. The number of anilines is 3. The molecular formula is C26H32N8O3. The number of carbonyl (C=O) groups is 1. The summed E-state index contributed by atoms with van der Waals surface area (Å²) in [7, 11) is 3.14. The van der Waals surface area contributed by atoms with Gasteiger partial charge in [0.05, 0.1) is 11.7 Å². The van der Waals surface area contributed by atoms with Crippen molar-refractivity contribution in [3.8, 4) is 11.8 Å². The molecule has 4 N–H and O–H groups in total. The number of likely N-dealkylation sites (N-methyl/N-ethyl adjacent to an activating group) is 1. The number of nitrogens with zero attached hydrogens (tertiary/aromatic N) is 5. The molecule has 0 aliphatic carbocycles. The maximum Gasteiger partial charge on any atom is 0.293 e. The minimum absolute atomic E-state index is 0.0701. The highest BCUT2D eigenvalue weighted by Gasteiger charge is 2.32. The quantitative estimate of drug-likeness (QED) is 0.437. The van der Waals surface area contributed by atoms with Gasteiger partial charge in [0.2, 0.25) is 5.95 Å². The average molecular weight is 505 g/mol. The number of nitrogens with one attached hydrogen (secondary N) is 2. The van der Waals surface area contributed by atoms with Crippen molar-refractivity contribution in [1.82, 2.24) is 19.9 Å². The number of ether oxygens (including phenoxy) is 1. The SMILES string of the molecule is CNC(=O)COc1cc2cc(Nc3nc(N4CC(C)C(C)C(CN)C4)ncc3C#N)ccc2n(C)c1=O. The van der Waals surface area contributed by atoms with Gasteiger partial charge in [-0.05, 0) is 48.6 Å². The lowest BCUT2D eigenvalue weighted by Gasteiger charge is -2.41. The van der Waals surface area contributed by atoms with Gasteiger partial charge in [0.25, 0.3) is 11.5 Å². The molecule has 3 atom stereocenters. The van der Waals surface area contributed by atoms with Crippen LogP contribution >= 0.6 is 0 Å². The van der Waals surface area contributed by atoms with E-state index in [0.717, 1.165) is 18.5 Å². The fraction of sp³-hybridized carbons (Fsp3) is 0.423. The van der Waals surface area contributed by atoms with E-state index in [0.29, 0.717) is 52.8 Å². The third kappa shape index (κ3) is 5.34. The Morgan fingerprint density at radius 3 is 2.78 bits per heavy atom. The Labute approximate surface area is 215 Å². The maximum atomic E-state index is 12.6. The summed E-state index contributed by atoms with van der Waals surface area (Å²) in [5.41, 5.74) is 7.35. The van der Waals surface area contributed by atoms with E-state index in [9.17, 15) is 14.9 Å². The number of carbonyl (C=O) groups excluding carboxylic acids is 1. The number of fused-ring (bicyclic) bond motifs is 1. The molecule has 194 valence electrons. The number of nitriles is 1. The van der Waals surface area contributed by atoms with Crippen molar-refractivity contribution in [3.05, 3.63) is 46.4 Å². The molecule has 37 heavy (non-hydrogen) atoms. The van der Waals surface area contributed by atoms with Crippen LogP contribution in [0.2, 0.25) is 0 Å². The number of rotatable bonds is 7. The van der Waals surface area contributed by atoms with Gasteiger partial charge in [-0.3, -0.25) is 9.59 Å². The topological polar surface area (TPSA) is 151 Å². The first kappa shape index (κ1) is 25.9. The standard InChI is InChI=1S/C26H32N8O3/c1-15-12-34(13-19(10-28)16(15)2)26-30-11-18(9-27)24(32-26)31-20-5-6-21-17(7-20)8-22(25(36)33(21)4)37-14-23(35)29-3/h5-8,11,15-16,19H,10,12-14,28H2,1-4H3,(H,29,35)(H,30,31,32). The number of aromatic nitrogens is 3. The molecule has 1 aromatic carbocycles. The zero-order valence-corrected chi connectivity index (χ0v) is 21.5. The summed E-state index contributed by atoms with van der Waals surface area (Å²) in [5, 5.41) is 16.1. The van der Waals surface area contributed by atoms with Crippen molar-refractivity contribution in [2.45, 2.75) is 13.8 Å². The Balaban J connectivity index is 1.65. The van der Waals surface area contributed by atoms with Gasteiger partial charge in [-0.15, -0.1) is 0 Å². The lowest BCUT2D eigenvalue weighted by molar-refractivity contribution is -0.122. The molecule has 2 aromatic heterocycles. The molecular weight excluding hydrogens is 472 g/mol. The van der Waals surface area contributed by atoms with E-state index in [2.05, 4.69) is 40.4 Å². The molecule has 1 saturated heterocycles. The van der Waals surface area contributed by atoms with Crippen LogP contribution in [0.5, 0.6) is 5.75 Å². The van der Waals surface area contributed by atoms with Crippen LogP contribution in [0, 0.1) is 29.1 Å². The van der Waals surface area contributed by atoms with E-state index < -0.39 is 0 Å². The summed E-state index contributed by atoms with van der Waals surface area (Å²) < 4.78 is 6.91. The number of benzene rings is 1. The van der Waals surface area contributed by atoms with E-state index in [1.54, 1.807) is 19.2 Å². The molecule has 3 aromatic rings. The number of hydrogen-bond acceptors (Lipinski definition) is 9. The summed E-state index contributed by atoms with van der Waals surface area (Å²) in [5.74, 6) is 1.96. The summed E-state index contributed by atoms with van der Waals surface area (Å²) in [6.07, 6.45) is 1.53. The Bertz CT molecular complexity index is 1410. The van der Waals surface area contributed by atoms with Gasteiger partial charge < -0.3 is 30.6 Å². The van der Waals surface area contributed by atoms with Crippen LogP contribution in [-0.4, -0.2) is 53.7 Å². The molecule has 0 radical (unpaired) electrons. The number of pyridine rings is 1. The number of piperidine rings is 1. The van der Waals surface area contributed by atoms with Crippen LogP contribution < -0.4 is 31.6 Å². The number of amides is 1. The molecule has 0 saturated carbocycles. The molecule has 1 aliphatic heterocycles. The minimum atomic E-state index is -0.342. The van der Waals surface area contributed by atoms with Crippen LogP contribution in [0.1, 0.15) is 19.4 Å². The fourth-order valence-corrected chi connectivity index (χ4v) is 4.64. The summed E-state index contributed by atoms with van der Waals surface area (Å²) in [4.78, 5) is 35.5. The zero-order chi connectivity index (χ0) is 26.7. The molecule has 11 heteroatoms. The average Bonchev–Trinajstić information content (AvgIpc) is 2.91. The molecule has 1 aliphatic rings. The lowest BCUT2D eigenvalue weighted by atomic mass is 9.80. The van der Waals surface area contributed by atoms with Gasteiger partial charge in [0, 0.05) is 38.3 Å². The number of aryl methyl sites for hydroxylation is 1. The van der Waals surface area contributed by atoms with Crippen molar-refractivity contribution in [3.63, 3.8) is 0 Å². The van der Waals surface area contributed by atoms with E-state index >= 15 is 0 Å². The van der Waals surface area contributed by atoms with Crippen LogP contribution in [-0.2, 0) is 11.8 Å². The van der Waals surface area contributed by atoms with Crippen molar-refractivity contribution in [2.75, 3.05) is 43.5 Å². The predicted molar refractivity (Wildman–Crippen MR) is 142 cm³/mol. The molecule has 0 spiro atoms. The Hall–Kier alpha value is -4.17. The van der Waals surface area contributed by atoms with Crippen molar-refractivity contribution >= 4 is 34.3 Å². The Morgan fingerprint density at radius 2 is 2.08 bits per heavy atom. The first-order chi connectivity index (χ1) is 17.7. The van der Waals surface area contributed by atoms with Crippen molar-refractivity contribution in [1.29, 1.82) is 5.26 Å². The third-order valence-corrected chi connectivity index (χ3v) is 7.18. The maximum absolute atomic E-state index is 12.6. The molecule has 1 amide bonds. The fourth-order valence-electron chi connectivity index (χ4n) is 4.64. The largest absolute Gasteiger partial charge is 0.478 e. The smallest absolute Gasteiger partial charge is 0.293 e. The zero-order valence-electron chi connectivity index (χ0n) is 21.5. The second kappa shape index (κ2) is 10.8.